The highest BCUT2D eigenvalue weighted by atomic mass is 35.5. The highest BCUT2D eigenvalue weighted by molar-refractivity contribution is 5.85. The SMILES string of the molecule is CC(=O)NCc1ccc(CN2CCN(c3ncccn3)CC2)cc1.CC(=O)NCc1ccc(CN2CCN(c3ncccn3)CC2)cc1.Cl.Cl.O. The van der Waals surface area contributed by atoms with Crippen molar-refractivity contribution in [3.63, 3.8) is 0 Å². The summed E-state index contributed by atoms with van der Waals surface area (Å²) in [5.41, 5.74) is 4.84. The lowest BCUT2D eigenvalue weighted by Crippen LogP contribution is -2.46. The molecule has 276 valence electrons. The number of anilines is 2. The molecule has 4 heterocycles. The summed E-state index contributed by atoms with van der Waals surface area (Å²) in [6, 6.07) is 20.6. The number of carbonyl (C=O) groups excluding carboxylic acids is 2. The van der Waals surface area contributed by atoms with Crippen LogP contribution in [0.1, 0.15) is 36.1 Å². The van der Waals surface area contributed by atoms with Crippen LogP contribution in [0.5, 0.6) is 0 Å². The molecule has 4 N–H and O–H groups in total. The van der Waals surface area contributed by atoms with Crippen molar-refractivity contribution in [2.45, 2.75) is 40.0 Å². The van der Waals surface area contributed by atoms with Crippen molar-refractivity contribution in [1.29, 1.82) is 0 Å². The summed E-state index contributed by atoms with van der Waals surface area (Å²) in [5, 5.41) is 5.63. The van der Waals surface area contributed by atoms with Crippen LogP contribution in [-0.4, -0.2) is 99.4 Å². The maximum absolute atomic E-state index is 10.9. The first-order valence-electron chi connectivity index (χ1n) is 16.5. The summed E-state index contributed by atoms with van der Waals surface area (Å²) < 4.78 is 0. The Labute approximate surface area is 313 Å². The average Bonchev–Trinajstić information content (AvgIpc) is 3.13. The summed E-state index contributed by atoms with van der Waals surface area (Å²) >= 11 is 0. The van der Waals surface area contributed by atoms with E-state index in [1.165, 1.54) is 25.0 Å². The van der Waals surface area contributed by atoms with Crippen LogP contribution >= 0.6 is 24.8 Å². The molecule has 0 unspecified atom stereocenters. The zero-order valence-electron chi connectivity index (χ0n) is 29.3. The average molecular weight is 742 g/mol. The summed E-state index contributed by atoms with van der Waals surface area (Å²) in [6.45, 7) is 14.0. The number of piperazine rings is 2. The van der Waals surface area contributed by atoms with E-state index in [1.807, 2.05) is 12.1 Å². The minimum Gasteiger partial charge on any atom is -0.412 e. The van der Waals surface area contributed by atoms with Gasteiger partial charge < -0.3 is 25.9 Å². The van der Waals surface area contributed by atoms with Gasteiger partial charge in [-0.25, -0.2) is 19.9 Å². The van der Waals surface area contributed by atoms with Crippen LogP contribution in [0.4, 0.5) is 11.9 Å². The van der Waals surface area contributed by atoms with Gasteiger partial charge >= 0.3 is 0 Å². The molecule has 4 aromatic rings. The second kappa shape index (κ2) is 22.4. The molecule has 0 aliphatic carbocycles. The quantitative estimate of drug-likeness (QED) is 0.248. The summed E-state index contributed by atoms with van der Waals surface area (Å²) in [4.78, 5) is 48.5. The molecule has 0 atom stereocenters. The number of aromatic nitrogens is 4. The molecule has 2 aromatic heterocycles. The molecule has 0 radical (unpaired) electrons. The van der Waals surface area contributed by atoms with Gasteiger partial charge in [-0.15, -0.1) is 24.8 Å². The summed E-state index contributed by atoms with van der Waals surface area (Å²) in [6.07, 6.45) is 7.16. The first-order chi connectivity index (χ1) is 23.4. The first-order valence-corrected chi connectivity index (χ1v) is 16.5. The number of benzene rings is 2. The van der Waals surface area contributed by atoms with Gasteiger partial charge in [0.1, 0.15) is 0 Å². The Bertz CT molecular complexity index is 1440. The van der Waals surface area contributed by atoms with Gasteiger partial charge in [-0.2, -0.15) is 0 Å². The van der Waals surface area contributed by atoms with Gasteiger partial charge in [0.15, 0.2) is 0 Å². The standard InChI is InChI=1S/2C18H23N5O.2ClH.H2O/c2*1-15(24)21-13-16-3-5-17(6-4-16)14-22-9-11-23(12-10-22)18-19-7-2-8-20-18;;;/h2*2-8H,9-14H2,1H3,(H,21,24);2*1H;1H2. The molecule has 0 saturated carbocycles. The van der Waals surface area contributed by atoms with Gasteiger partial charge in [-0.3, -0.25) is 19.4 Å². The van der Waals surface area contributed by atoms with Crippen molar-refractivity contribution in [3.8, 4) is 0 Å². The molecule has 2 aliphatic heterocycles. The van der Waals surface area contributed by atoms with Gasteiger partial charge in [-0.1, -0.05) is 48.5 Å². The highest BCUT2D eigenvalue weighted by Crippen LogP contribution is 2.15. The van der Waals surface area contributed by atoms with E-state index in [2.05, 4.69) is 98.7 Å². The number of carbonyl (C=O) groups is 2. The number of rotatable bonds is 10. The number of halogens is 2. The molecule has 2 aromatic carbocycles. The van der Waals surface area contributed by atoms with E-state index in [0.717, 1.165) is 88.5 Å². The van der Waals surface area contributed by atoms with Crippen molar-refractivity contribution in [1.82, 2.24) is 40.4 Å². The first kappa shape index (κ1) is 42.8. The zero-order chi connectivity index (χ0) is 33.6. The third kappa shape index (κ3) is 14.4. The second-order valence-corrected chi connectivity index (χ2v) is 12.1. The van der Waals surface area contributed by atoms with Crippen molar-refractivity contribution >= 4 is 48.5 Å². The van der Waals surface area contributed by atoms with E-state index in [9.17, 15) is 9.59 Å². The van der Waals surface area contributed by atoms with E-state index < -0.39 is 0 Å². The molecule has 2 aliphatic rings. The number of amides is 2. The molecule has 0 spiro atoms. The lowest BCUT2D eigenvalue weighted by molar-refractivity contribution is -0.120. The maximum atomic E-state index is 10.9. The Hall–Kier alpha value is -4.40. The Balaban J connectivity index is 0.000000334. The number of nitrogens with one attached hydrogen (secondary N) is 2. The van der Waals surface area contributed by atoms with Crippen molar-refractivity contribution in [2.24, 2.45) is 0 Å². The molecule has 2 amide bonds. The fourth-order valence-corrected chi connectivity index (χ4v) is 5.62. The number of hydrogen-bond donors (Lipinski definition) is 2. The molecule has 15 heteroatoms. The minimum absolute atomic E-state index is 0. The van der Waals surface area contributed by atoms with E-state index in [4.69, 9.17) is 0 Å². The predicted molar refractivity (Wildman–Crippen MR) is 205 cm³/mol. The highest BCUT2D eigenvalue weighted by Gasteiger charge is 2.20. The van der Waals surface area contributed by atoms with Gasteiger partial charge in [0, 0.05) is 117 Å². The Morgan fingerprint density at radius 1 is 0.529 bits per heavy atom. The molecule has 13 nitrogen and oxygen atoms in total. The summed E-state index contributed by atoms with van der Waals surface area (Å²) in [7, 11) is 0. The number of nitrogens with zero attached hydrogens (tertiary/aromatic N) is 8. The Morgan fingerprint density at radius 2 is 0.824 bits per heavy atom. The lowest BCUT2D eigenvalue weighted by Gasteiger charge is -2.34. The van der Waals surface area contributed by atoms with Gasteiger partial charge in [0.25, 0.3) is 0 Å². The van der Waals surface area contributed by atoms with Crippen LogP contribution in [0.3, 0.4) is 0 Å². The topological polar surface area (TPSA) is 154 Å². The van der Waals surface area contributed by atoms with Crippen LogP contribution in [0.25, 0.3) is 0 Å². The molecule has 2 fully saturated rings. The fourth-order valence-electron chi connectivity index (χ4n) is 5.62. The summed E-state index contributed by atoms with van der Waals surface area (Å²) in [5.74, 6) is 1.64. The molecular weight excluding hydrogens is 691 g/mol. The van der Waals surface area contributed by atoms with Crippen LogP contribution < -0.4 is 20.4 Å². The van der Waals surface area contributed by atoms with E-state index in [0.29, 0.717) is 13.1 Å². The van der Waals surface area contributed by atoms with Crippen molar-refractivity contribution in [2.75, 3.05) is 62.2 Å². The monoisotopic (exact) mass is 740 g/mol. The van der Waals surface area contributed by atoms with E-state index >= 15 is 0 Å². The van der Waals surface area contributed by atoms with Crippen LogP contribution in [0.2, 0.25) is 0 Å². The van der Waals surface area contributed by atoms with Crippen LogP contribution in [0.15, 0.2) is 85.5 Å². The number of hydrogen-bond acceptors (Lipinski definition) is 10. The van der Waals surface area contributed by atoms with E-state index in [1.54, 1.807) is 24.8 Å². The molecular formula is C36H50Cl2N10O3. The van der Waals surface area contributed by atoms with Gasteiger partial charge in [-0.05, 0) is 34.4 Å². The molecule has 6 rings (SSSR count). The van der Waals surface area contributed by atoms with E-state index in [-0.39, 0.29) is 42.1 Å². The lowest BCUT2D eigenvalue weighted by atomic mass is 10.1. The fraction of sp³-hybridized carbons (Fsp3) is 0.389. The van der Waals surface area contributed by atoms with Crippen LogP contribution in [-0.2, 0) is 35.8 Å². The second-order valence-electron chi connectivity index (χ2n) is 12.1. The van der Waals surface area contributed by atoms with Gasteiger partial charge in [0.05, 0.1) is 0 Å². The molecule has 0 bridgehead atoms. The minimum atomic E-state index is -0.000608. The van der Waals surface area contributed by atoms with Crippen LogP contribution in [0, 0.1) is 0 Å². The maximum Gasteiger partial charge on any atom is 0.225 e. The van der Waals surface area contributed by atoms with Crippen molar-refractivity contribution < 1.29 is 15.1 Å². The third-order valence-electron chi connectivity index (χ3n) is 8.36. The largest absolute Gasteiger partial charge is 0.412 e. The molecule has 51 heavy (non-hydrogen) atoms. The third-order valence-corrected chi connectivity index (χ3v) is 8.36. The molecule has 2 saturated heterocycles. The Morgan fingerprint density at radius 3 is 1.12 bits per heavy atom. The smallest absolute Gasteiger partial charge is 0.225 e. The predicted octanol–water partition coefficient (Wildman–Crippen LogP) is 2.89. The van der Waals surface area contributed by atoms with Gasteiger partial charge in [0.2, 0.25) is 23.7 Å². The normalized spacial score (nSPS) is 14.4. The van der Waals surface area contributed by atoms with Crippen molar-refractivity contribution in [3.05, 3.63) is 108 Å². The Kier molecular flexibility index (Phi) is 18.8. The zero-order valence-corrected chi connectivity index (χ0v) is 30.9.